The van der Waals surface area contributed by atoms with E-state index in [4.69, 9.17) is 28.6 Å². The van der Waals surface area contributed by atoms with Gasteiger partial charge in [-0.15, -0.1) is 0 Å². The molecule has 7 nitrogen and oxygen atoms in total. The minimum absolute atomic E-state index is 0.421. The highest BCUT2D eigenvalue weighted by Crippen LogP contribution is 2.26. The van der Waals surface area contributed by atoms with Crippen molar-refractivity contribution in [2.24, 2.45) is 11.8 Å². The maximum absolute atomic E-state index is 6.23. The average Bonchev–Trinajstić information content (AvgIpc) is 2.61. The lowest BCUT2D eigenvalue weighted by Gasteiger charge is -2.35. The van der Waals surface area contributed by atoms with E-state index in [9.17, 15) is 0 Å². The highest BCUT2D eigenvalue weighted by atomic mass is 35.5. The number of thiocarbonyl (C=S) groups is 1. The Morgan fingerprint density at radius 3 is 2.67 bits per heavy atom. The van der Waals surface area contributed by atoms with E-state index in [0.29, 0.717) is 28.0 Å². The van der Waals surface area contributed by atoms with Crippen LogP contribution in [0.5, 0.6) is 0 Å². The summed E-state index contributed by atoms with van der Waals surface area (Å²) < 4.78 is 5.36. The van der Waals surface area contributed by atoms with E-state index in [0.717, 1.165) is 58.3 Å². The van der Waals surface area contributed by atoms with Crippen LogP contribution in [0.1, 0.15) is 20.3 Å². The quantitative estimate of drug-likeness (QED) is 0.563. The number of rotatable bonds is 5. The molecule has 0 aliphatic carbocycles. The first-order valence-electron chi connectivity index (χ1n) is 9.64. The molecule has 0 bridgehead atoms. The molecule has 1 aromatic heterocycles. The maximum Gasteiger partial charge on any atom is 0.232 e. The van der Waals surface area contributed by atoms with Crippen LogP contribution in [0.3, 0.4) is 0 Å². The Bertz CT molecular complexity index is 632. The topological polar surface area (TPSA) is 65.6 Å². The second kappa shape index (κ2) is 9.82. The number of halogens is 1. The fourth-order valence-corrected chi connectivity index (χ4v) is 4.14. The molecule has 0 unspecified atom stereocenters. The van der Waals surface area contributed by atoms with Gasteiger partial charge in [0, 0.05) is 45.3 Å². The third kappa shape index (κ3) is 6.41. The molecule has 0 amide bonds. The van der Waals surface area contributed by atoms with Gasteiger partial charge in [-0.3, -0.25) is 4.90 Å². The zero-order valence-corrected chi connectivity index (χ0v) is 17.7. The van der Waals surface area contributed by atoms with E-state index in [-0.39, 0.29) is 0 Å². The van der Waals surface area contributed by atoms with Crippen LogP contribution >= 0.6 is 23.8 Å². The van der Waals surface area contributed by atoms with Crippen molar-refractivity contribution in [1.82, 2.24) is 20.2 Å². The minimum atomic E-state index is 0.421. The Morgan fingerprint density at radius 1 is 1.26 bits per heavy atom. The summed E-state index contributed by atoms with van der Waals surface area (Å²) in [6.45, 7) is 11.8. The number of nitrogens with one attached hydrogen (secondary N) is 2. The summed E-state index contributed by atoms with van der Waals surface area (Å²) in [5.74, 6) is 2.57. The van der Waals surface area contributed by atoms with Crippen LogP contribution < -0.4 is 15.5 Å². The smallest absolute Gasteiger partial charge is 0.232 e. The molecule has 0 radical (unpaired) electrons. The van der Waals surface area contributed by atoms with Crippen LogP contribution in [0.2, 0.25) is 5.15 Å². The van der Waals surface area contributed by atoms with Gasteiger partial charge >= 0.3 is 0 Å². The molecule has 3 rings (SSSR count). The van der Waals surface area contributed by atoms with Gasteiger partial charge < -0.3 is 20.3 Å². The number of nitrogens with zero attached hydrogens (tertiary/aromatic N) is 4. The van der Waals surface area contributed by atoms with Crippen LogP contribution in [0, 0.1) is 11.8 Å². The van der Waals surface area contributed by atoms with Gasteiger partial charge in [0.25, 0.3) is 0 Å². The predicted molar refractivity (Wildman–Crippen MR) is 114 cm³/mol. The van der Waals surface area contributed by atoms with E-state index in [2.05, 4.69) is 44.2 Å². The zero-order chi connectivity index (χ0) is 19.2. The molecule has 27 heavy (non-hydrogen) atoms. The summed E-state index contributed by atoms with van der Waals surface area (Å²) >= 11 is 11.6. The number of hydrogen-bond donors (Lipinski definition) is 2. The zero-order valence-electron chi connectivity index (χ0n) is 16.1. The van der Waals surface area contributed by atoms with Crippen molar-refractivity contribution < 1.29 is 4.74 Å². The van der Waals surface area contributed by atoms with Crippen molar-refractivity contribution in [1.29, 1.82) is 0 Å². The molecule has 1 aromatic rings. The number of ether oxygens (including phenoxy) is 1. The van der Waals surface area contributed by atoms with Gasteiger partial charge in [0.1, 0.15) is 11.0 Å². The highest BCUT2D eigenvalue weighted by Gasteiger charge is 2.23. The summed E-state index contributed by atoms with van der Waals surface area (Å²) in [4.78, 5) is 13.5. The average molecular weight is 413 g/mol. The van der Waals surface area contributed by atoms with Crippen LogP contribution in [-0.2, 0) is 4.74 Å². The van der Waals surface area contributed by atoms with Crippen molar-refractivity contribution in [2.45, 2.75) is 20.3 Å². The lowest BCUT2D eigenvalue weighted by molar-refractivity contribution is 0.0389. The molecular weight excluding hydrogens is 384 g/mol. The largest absolute Gasteiger partial charge is 0.379 e. The molecule has 2 N–H and O–H groups in total. The Hall–Kier alpha value is -1.22. The summed E-state index contributed by atoms with van der Waals surface area (Å²) in [7, 11) is 0. The van der Waals surface area contributed by atoms with Gasteiger partial charge in [0.2, 0.25) is 5.95 Å². The fourth-order valence-electron chi connectivity index (χ4n) is 3.77. The Morgan fingerprint density at radius 2 is 1.96 bits per heavy atom. The van der Waals surface area contributed by atoms with E-state index in [1.807, 2.05) is 6.07 Å². The molecule has 2 atom stereocenters. The molecule has 9 heteroatoms. The van der Waals surface area contributed by atoms with Gasteiger partial charge in [0.15, 0.2) is 5.11 Å². The molecule has 0 spiro atoms. The number of morpholine rings is 1. The summed E-state index contributed by atoms with van der Waals surface area (Å²) in [6.07, 6.45) is 1.25. The maximum atomic E-state index is 6.23. The monoisotopic (exact) mass is 412 g/mol. The fraction of sp³-hybridized carbons (Fsp3) is 0.722. The van der Waals surface area contributed by atoms with E-state index >= 15 is 0 Å². The van der Waals surface area contributed by atoms with Gasteiger partial charge in [-0.2, -0.15) is 4.98 Å². The van der Waals surface area contributed by atoms with E-state index in [1.165, 1.54) is 6.42 Å². The molecule has 3 heterocycles. The van der Waals surface area contributed by atoms with Crippen molar-refractivity contribution in [3.05, 3.63) is 11.2 Å². The second-order valence-corrected chi connectivity index (χ2v) is 8.35. The van der Waals surface area contributed by atoms with Crippen molar-refractivity contribution >= 4 is 40.7 Å². The molecule has 0 saturated carbocycles. The minimum Gasteiger partial charge on any atom is -0.379 e. The van der Waals surface area contributed by atoms with Crippen LogP contribution in [-0.4, -0.2) is 72.5 Å². The summed E-state index contributed by atoms with van der Waals surface area (Å²) in [6, 6.07) is 1.83. The molecular formula is C18H29ClN6OS. The van der Waals surface area contributed by atoms with Crippen molar-refractivity contribution in [2.75, 3.05) is 62.7 Å². The predicted octanol–water partition coefficient (Wildman–Crippen LogP) is 2.23. The van der Waals surface area contributed by atoms with Crippen LogP contribution in [0.4, 0.5) is 11.8 Å². The standard InChI is InChI=1S/C18H29ClN6OS/c1-13-9-14(2)12-25(11-13)16-10-15(19)21-17(22-16)23-18(27)20-3-4-24-5-7-26-8-6-24/h10,13-14H,3-9,11-12H2,1-2H3,(H2,20,21,22,23,27)/t13-,14-/m0/s1. The number of hydrogen-bond acceptors (Lipinski definition) is 6. The number of piperidine rings is 1. The summed E-state index contributed by atoms with van der Waals surface area (Å²) in [5, 5.41) is 7.21. The molecule has 0 aromatic carbocycles. The van der Waals surface area contributed by atoms with Gasteiger partial charge in [0.05, 0.1) is 13.2 Å². The first-order valence-corrected chi connectivity index (χ1v) is 10.4. The van der Waals surface area contributed by atoms with E-state index < -0.39 is 0 Å². The highest BCUT2D eigenvalue weighted by molar-refractivity contribution is 7.80. The molecule has 2 saturated heterocycles. The first-order chi connectivity index (χ1) is 13.0. The van der Waals surface area contributed by atoms with Gasteiger partial charge in [-0.1, -0.05) is 25.4 Å². The SMILES string of the molecule is C[C@H]1C[C@H](C)CN(c2cc(Cl)nc(NC(=S)NCCN3CCOCC3)n2)C1. The van der Waals surface area contributed by atoms with Crippen molar-refractivity contribution in [3.8, 4) is 0 Å². The normalized spacial score (nSPS) is 23.9. The third-order valence-electron chi connectivity index (χ3n) is 4.92. The Balaban J connectivity index is 1.53. The Labute approximate surface area is 171 Å². The van der Waals surface area contributed by atoms with Crippen LogP contribution in [0.15, 0.2) is 6.07 Å². The lowest BCUT2D eigenvalue weighted by Crippen LogP contribution is -2.42. The number of aromatic nitrogens is 2. The molecule has 2 aliphatic rings. The molecule has 150 valence electrons. The van der Waals surface area contributed by atoms with E-state index in [1.54, 1.807) is 0 Å². The summed E-state index contributed by atoms with van der Waals surface area (Å²) in [5.41, 5.74) is 0. The van der Waals surface area contributed by atoms with Crippen molar-refractivity contribution in [3.63, 3.8) is 0 Å². The molecule has 2 fully saturated rings. The number of anilines is 2. The lowest BCUT2D eigenvalue weighted by atomic mass is 9.92. The van der Waals surface area contributed by atoms with Crippen LogP contribution in [0.25, 0.3) is 0 Å². The Kier molecular flexibility index (Phi) is 7.46. The third-order valence-corrected chi connectivity index (χ3v) is 5.36. The second-order valence-electron chi connectivity index (χ2n) is 7.56. The van der Waals surface area contributed by atoms with Gasteiger partial charge in [-0.25, -0.2) is 4.98 Å². The first kappa shape index (κ1) is 20.5. The van der Waals surface area contributed by atoms with Gasteiger partial charge in [-0.05, 0) is 30.5 Å². The molecule has 2 aliphatic heterocycles.